The molecule has 0 amide bonds. The van der Waals surface area contributed by atoms with Crippen LogP contribution in [0.25, 0.3) is 0 Å². The van der Waals surface area contributed by atoms with Gasteiger partial charge in [0, 0.05) is 18.8 Å². The zero-order valence-corrected chi connectivity index (χ0v) is 12.4. The van der Waals surface area contributed by atoms with Crippen molar-refractivity contribution in [1.29, 1.82) is 0 Å². The predicted molar refractivity (Wildman–Crippen MR) is 77.7 cm³/mol. The number of hydrogen-bond acceptors (Lipinski definition) is 2. The highest BCUT2D eigenvalue weighted by Crippen LogP contribution is 1.97. The van der Waals surface area contributed by atoms with Gasteiger partial charge >= 0.3 is 0 Å². The van der Waals surface area contributed by atoms with Crippen LogP contribution in [0, 0.1) is 5.92 Å². The third kappa shape index (κ3) is 12.3. The Kier molecular flexibility index (Phi) is 13.7. The third-order valence-electron chi connectivity index (χ3n) is 1.60. The molecule has 0 aliphatic carbocycles. The number of rotatable bonds is 6. The average molecular weight is 331 g/mol. The van der Waals surface area contributed by atoms with Crippen LogP contribution in [0.2, 0.25) is 0 Å². The Hall–Kier alpha value is 0.350. The highest BCUT2D eigenvalue weighted by atomic mass is 127. The van der Waals surface area contributed by atoms with Crippen molar-refractivity contribution >= 4 is 41.7 Å². The van der Waals surface area contributed by atoms with Crippen LogP contribution in [0.1, 0.15) is 20.3 Å². The normalized spacial score (nSPS) is 11.3. The van der Waals surface area contributed by atoms with E-state index in [2.05, 4.69) is 30.4 Å². The van der Waals surface area contributed by atoms with Crippen LogP contribution >= 0.6 is 35.7 Å². The van der Waals surface area contributed by atoms with Crippen LogP contribution in [0.5, 0.6) is 0 Å². The summed E-state index contributed by atoms with van der Waals surface area (Å²) >= 11 is 1.80. The molecule has 0 spiro atoms. The fourth-order valence-electron chi connectivity index (χ4n) is 0.780. The standard InChI is InChI=1S/C9H21N3S.HI/c1-8(2)4-5-11-9(10)12-6-7-13-3;/h8H,4-7H2,1-3H3,(H3,10,11,12);1H. The van der Waals surface area contributed by atoms with Gasteiger partial charge < -0.3 is 11.1 Å². The van der Waals surface area contributed by atoms with Crippen LogP contribution in [0.4, 0.5) is 0 Å². The molecule has 0 bridgehead atoms. The molecule has 0 fully saturated rings. The number of halogens is 1. The van der Waals surface area contributed by atoms with Crippen LogP contribution in [0.15, 0.2) is 4.99 Å². The van der Waals surface area contributed by atoms with Gasteiger partial charge in [0.1, 0.15) is 0 Å². The quantitative estimate of drug-likeness (QED) is 0.338. The van der Waals surface area contributed by atoms with E-state index in [-0.39, 0.29) is 24.0 Å². The van der Waals surface area contributed by atoms with E-state index in [0.717, 1.165) is 25.3 Å². The maximum absolute atomic E-state index is 5.63. The van der Waals surface area contributed by atoms with E-state index in [4.69, 9.17) is 5.73 Å². The number of hydrogen-bond donors (Lipinski definition) is 2. The first-order valence-corrected chi connectivity index (χ1v) is 6.09. The van der Waals surface area contributed by atoms with Gasteiger partial charge in [-0.25, -0.2) is 0 Å². The summed E-state index contributed by atoms with van der Waals surface area (Å²) < 4.78 is 0. The van der Waals surface area contributed by atoms with E-state index in [9.17, 15) is 0 Å². The highest BCUT2D eigenvalue weighted by Gasteiger charge is 1.93. The fraction of sp³-hybridized carbons (Fsp3) is 0.889. The second-order valence-electron chi connectivity index (χ2n) is 3.37. The highest BCUT2D eigenvalue weighted by molar-refractivity contribution is 14.0. The molecular formula is C9H22IN3S. The summed E-state index contributed by atoms with van der Waals surface area (Å²) in [6.07, 6.45) is 3.18. The minimum absolute atomic E-state index is 0. The Balaban J connectivity index is 0. The maximum atomic E-state index is 5.63. The largest absolute Gasteiger partial charge is 0.370 e. The molecule has 0 aromatic rings. The molecule has 0 aromatic carbocycles. The minimum Gasteiger partial charge on any atom is -0.370 e. The topological polar surface area (TPSA) is 50.4 Å². The van der Waals surface area contributed by atoms with Crippen molar-refractivity contribution in [2.24, 2.45) is 16.6 Å². The predicted octanol–water partition coefficient (Wildman–Crippen LogP) is 1.92. The van der Waals surface area contributed by atoms with Gasteiger partial charge in [-0.05, 0) is 18.6 Å². The summed E-state index contributed by atoms with van der Waals surface area (Å²) in [6.45, 7) is 6.10. The van der Waals surface area contributed by atoms with Crippen molar-refractivity contribution in [3.05, 3.63) is 0 Å². The first kappa shape index (κ1) is 16.8. The molecule has 0 radical (unpaired) electrons. The molecule has 0 rings (SSSR count). The molecule has 0 saturated carbocycles. The lowest BCUT2D eigenvalue weighted by Gasteiger charge is -2.04. The van der Waals surface area contributed by atoms with Crippen molar-refractivity contribution in [3.8, 4) is 0 Å². The molecule has 0 heterocycles. The summed E-state index contributed by atoms with van der Waals surface area (Å²) in [5.41, 5.74) is 5.63. The SMILES string of the molecule is CSCCNC(N)=NCCC(C)C.I. The Bertz CT molecular complexity index is 151. The Labute approximate surface area is 109 Å². The van der Waals surface area contributed by atoms with Crippen LogP contribution in [-0.4, -0.2) is 31.1 Å². The molecule has 0 aliphatic rings. The lowest BCUT2D eigenvalue weighted by Crippen LogP contribution is -2.33. The van der Waals surface area contributed by atoms with Crippen molar-refractivity contribution in [2.45, 2.75) is 20.3 Å². The first-order valence-electron chi connectivity index (χ1n) is 4.69. The van der Waals surface area contributed by atoms with Gasteiger partial charge in [-0.1, -0.05) is 13.8 Å². The number of guanidine groups is 1. The molecule has 0 atom stereocenters. The second kappa shape index (κ2) is 11.4. The van der Waals surface area contributed by atoms with Gasteiger partial charge in [0.15, 0.2) is 5.96 Å². The van der Waals surface area contributed by atoms with Crippen LogP contribution in [-0.2, 0) is 0 Å². The zero-order valence-electron chi connectivity index (χ0n) is 9.25. The molecule has 0 aromatic heterocycles. The summed E-state index contributed by atoms with van der Waals surface area (Å²) in [4.78, 5) is 4.21. The number of nitrogens with two attached hydrogens (primary N) is 1. The molecule has 3 nitrogen and oxygen atoms in total. The minimum atomic E-state index is 0. The van der Waals surface area contributed by atoms with Crippen molar-refractivity contribution in [1.82, 2.24) is 5.32 Å². The van der Waals surface area contributed by atoms with E-state index >= 15 is 0 Å². The van der Waals surface area contributed by atoms with Crippen LogP contribution < -0.4 is 11.1 Å². The molecule has 14 heavy (non-hydrogen) atoms. The van der Waals surface area contributed by atoms with E-state index < -0.39 is 0 Å². The van der Waals surface area contributed by atoms with Crippen molar-refractivity contribution < 1.29 is 0 Å². The molecule has 0 saturated heterocycles. The van der Waals surface area contributed by atoms with Crippen molar-refractivity contribution in [3.63, 3.8) is 0 Å². The molecule has 86 valence electrons. The number of thioether (sulfide) groups is 1. The molecule has 5 heteroatoms. The Morgan fingerprint density at radius 2 is 2.14 bits per heavy atom. The lowest BCUT2D eigenvalue weighted by molar-refractivity contribution is 0.596. The van der Waals surface area contributed by atoms with Crippen molar-refractivity contribution in [2.75, 3.05) is 25.1 Å². The smallest absolute Gasteiger partial charge is 0.188 e. The third-order valence-corrected chi connectivity index (χ3v) is 2.21. The summed E-state index contributed by atoms with van der Waals surface area (Å²) in [5.74, 6) is 2.35. The van der Waals surface area contributed by atoms with E-state index in [1.165, 1.54) is 0 Å². The summed E-state index contributed by atoms with van der Waals surface area (Å²) in [5, 5.41) is 3.06. The molecule has 0 aliphatic heterocycles. The first-order chi connectivity index (χ1) is 6.16. The Morgan fingerprint density at radius 3 is 2.64 bits per heavy atom. The summed E-state index contributed by atoms with van der Waals surface area (Å²) in [7, 11) is 0. The van der Waals surface area contributed by atoms with E-state index in [0.29, 0.717) is 11.9 Å². The number of nitrogens with one attached hydrogen (secondary N) is 1. The second-order valence-corrected chi connectivity index (χ2v) is 4.35. The van der Waals surface area contributed by atoms with E-state index in [1.807, 2.05) is 0 Å². The number of aliphatic imine (C=N–C) groups is 1. The van der Waals surface area contributed by atoms with Gasteiger partial charge in [0.25, 0.3) is 0 Å². The fourth-order valence-corrected chi connectivity index (χ4v) is 1.09. The van der Waals surface area contributed by atoms with Gasteiger partial charge in [-0.3, -0.25) is 4.99 Å². The van der Waals surface area contributed by atoms with Crippen LogP contribution in [0.3, 0.4) is 0 Å². The molecular weight excluding hydrogens is 309 g/mol. The Morgan fingerprint density at radius 1 is 1.50 bits per heavy atom. The summed E-state index contributed by atoms with van der Waals surface area (Å²) in [6, 6.07) is 0. The van der Waals surface area contributed by atoms with E-state index in [1.54, 1.807) is 11.8 Å². The van der Waals surface area contributed by atoms with Gasteiger partial charge in [-0.15, -0.1) is 24.0 Å². The maximum Gasteiger partial charge on any atom is 0.188 e. The average Bonchev–Trinajstić information content (AvgIpc) is 2.04. The zero-order chi connectivity index (χ0) is 10.1. The monoisotopic (exact) mass is 331 g/mol. The number of nitrogens with zero attached hydrogens (tertiary/aromatic N) is 1. The van der Waals surface area contributed by atoms with Gasteiger partial charge in [0.2, 0.25) is 0 Å². The molecule has 0 unspecified atom stereocenters. The van der Waals surface area contributed by atoms with Gasteiger partial charge in [-0.2, -0.15) is 11.8 Å². The lowest BCUT2D eigenvalue weighted by atomic mass is 10.1. The van der Waals surface area contributed by atoms with Gasteiger partial charge in [0.05, 0.1) is 0 Å². The molecule has 3 N–H and O–H groups in total.